The summed E-state index contributed by atoms with van der Waals surface area (Å²) in [7, 11) is 0. The highest BCUT2D eigenvalue weighted by Gasteiger charge is 2.46. The van der Waals surface area contributed by atoms with Gasteiger partial charge in [-0.1, -0.05) is 91.9 Å². The molecule has 0 aromatic carbocycles. The average Bonchev–Trinajstić information content (AvgIpc) is 2.85. The van der Waals surface area contributed by atoms with Crippen LogP contribution in [0.1, 0.15) is 124 Å². The van der Waals surface area contributed by atoms with E-state index < -0.39 is 42.2 Å². The molecule has 1 saturated carbocycles. The molecule has 1 fully saturated rings. The van der Waals surface area contributed by atoms with Crippen LogP contribution in [0, 0.1) is 17.3 Å². The predicted molar refractivity (Wildman–Crippen MR) is 150 cm³/mol. The molecule has 0 radical (unpaired) electrons. The highest BCUT2D eigenvalue weighted by atomic mass is 16.5. The zero-order chi connectivity index (χ0) is 28.6. The summed E-state index contributed by atoms with van der Waals surface area (Å²) < 4.78 is 5.84. The molecule has 5 N–H and O–H groups in total. The summed E-state index contributed by atoms with van der Waals surface area (Å²) in [6.07, 6.45) is 9.98. The van der Waals surface area contributed by atoms with Crippen LogP contribution in [-0.4, -0.2) is 69.9 Å². The fraction of sp³-hybridized carbons (Fsp3) is 0.933. The number of carbonyl (C=O) groups is 2. The number of aliphatic hydroxyl groups excluding tert-OH is 3. The third kappa shape index (κ3) is 14.2. The number of aliphatic carboxylic acids is 1. The average molecular weight is 544 g/mol. The largest absolute Gasteiger partial charge is 0.481 e. The first kappa shape index (κ1) is 34.8. The Morgan fingerprint density at radius 2 is 1.42 bits per heavy atom. The SMILES string of the molecule is CCCCCCCCCCCCO[C@@H]1C[C@H](C(=O)NCCCC[C@H](CC(C)(C)C)C(=O)O)[C@@H](O)[C@H](O)[C@H]1O. The minimum absolute atomic E-state index is 0.0635. The highest BCUT2D eigenvalue weighted by molar-refractivity contribution is 5.79. The summed E-state index contributed by atoms with van der Waals surface area (Å²) in [6.45, 7) is 9.13. The maximum atomic E-state index is 12.7. The number of hydrogen-bond donors (Lipinski definition) is 5. The number of aliphatic hydroxyl groups is 3. The van der Waals surface area contributed by atoms with Gasteiger partial charge in [-0.3, -0.25) is 9.59 Å². The molecule has 6 atom stereocenters. The molecule has 8 heteroatoms. The lowest BCUT2D eigenvalue weighted by atomic mass is 9.80. The molecule has 38 heavy (non-hydrogen) atoms. The smallest absolute Gasteiger partial charge is 0.306 e. The van der Waals surface area contributed by atoms with E-state index in [1.807, 2.05) is 20.8 Å². The molecule has 0 aromatic heterocycles. The van der Waals surface area contributed by atoms with Gasteiger partial charge in [0.25, 0.3) is 0 Å². The Kier molecular flexibility index (Phi) is 17.4. The van der Waals surface area contributed by atoms with Crippen LogP contribution < -0.4 is 5.32 Å². The summed E-state index contributed by atoms with van der Waals surface area (Å²) in [5, 5.41) is 43.4. The van der Waals surface area contributed by atoms with Gasteiger partial charge in [-0.2, -0.15) is 0 Å². The molecular weight excluding hydrogens is 486 g/mol. The summed E-state index contributed by atoms with van der Waals surface area (Å²) in [5.74, 6) is -2.43. The lowest BCUT2D eigenvalue weighted by molar-refractivity contribution is -0.179. The van der Waals surface area contributed by atoms with E-state index in [2.05, 4.69) is 12.2 Å². The van der Waals surface area contributed by atoms with Crippen LogP contribution in [0.15, 0.2) is 0 Å². The first-order valence-corrected chi connectivity index (χ1v) is 15.1. The van der Waals surface area contributed by atoms with Crippen molar-refractivity contribution in [2.45, 2.75) is 148 Å². The molecule has 1 aliphatic carbocycles. The minimum atomic E-state index is -1.44. The Hall–Kier alpha value is -1.22. The second-order valence-electron chi connectivity index (χ2n) is 12.5. The Labute approximate surface area is 230 Å². The van der Waals surface area contributed by atoms with Crippen molar-refractivity contribution in [3.63, 3.8) is 0 Å². The van der Waals surface area contributed by atoms with E-state index in [4.69, 9.17) is 4.74 Å². The molecule has 1 amide bonds. The highest BCUT2D eigenvalue weighted by Crippen LogP contribution is 2.29. The number of nitrogens with one attached hydrogen (secondary N) is 1. The van der Waals surface area contributed by atoms with Gasteiger partial charge in [-0.15, -0.1) is 0 Å². The van der Waals surface area contributed by atoms with Gasteiger partial charge in [0.1, 0.15) is 12.2 Å². The van der Waals surface area contributed by atoms with Crippen molar-refractivity contribution in [2.24, 2.45) is 17.3 Å². The summed E-state index contributed by atoms with van der Waals surface area (Å²) >= 11 is 0. The predicted octanol–water partition coefficient (Wildman–Crippen LogP) is 4.82. The second kappa shape index (κ2) is 19.0. The summed E-state index contributed by atoms with van der Waals surface area (Å²) in [5.41, 5.74) is -0.0635. The lowest BCUT2D eigenvalue weighted by Crippen LogP contribution is -2.57. The second-order valence-corrected chi connectivity index (χ2v) is 12.5. The van der Waals surface area contributed by atoms with Crippen LogP contribution in [0.3, 0.4) is 0 Å². The topological polar surface area (TPSA) is 136 Å². The first-order chi connectivity index (χ1) is 18.0. The van der Waals surface area contributed by atoms with E-state index in [-0.39, 0.29) is 17.7 Å². The lowest BCUT2D eigenvalue weighted by Gasteiger charge is -2.39. The number of carbonyl (C=O) groups excluding carboxylic acids is 1. The number of hydrogen-bond acceptors (Lipinski definition) is 6. The number of unbranched alkanes of at least 4 members (excludes halogenated alkanes) is 10. The van der Waals surface area contributed by atoms with Crippen LogP contribution in [0.4, 0.5) is 0 Å². The van der Waals surface area contributed by atoms with Crippen LogP contribution in [0.5, 0.6) is 0 Å². The van der Waals surface area contributed by atoms with Crippen molar-refractivity contribution in [1.82, 2.24) is 5.32 Å². The molecule has 0 saturated heterocycles. The van der Waals surface area contributed by atoms with Gasteiger partial charge in [0, 0.05) is 13.2 Å². The zero-order valence-corrected chi connectivity index (χ0v) is 24.5. The molecule has 0 spiro atoms. The van der Waals surface area contributed by atoms with E-state index in [1.165, 1.54) is 44.9 Å². The number of rotatable bonds is 20. The Morgan fingerprint density at radius 3 is 1.97 bits per heavy atom. The molecule has 0 unspecified atom stereocenters. The van der Waals surface area contributed by atoms with Gasteiger partial charge in [-0.05, 0) is 37.5 Å². The summed E-state index contributed by atoms with van der Waals surface area (Å²) in [6, 6.07) is 0. The van der Waals surface area contributed by atoms with Gasteiger partial charge in [0.05, 0.1) is 24.0 Å². The first-order valence-electron chi connectivity index (χ1n) is 15.1. The molecule has 1 aliphatic rings. The van der Waals surface area contributed by atoms with E-state index >= 15 is 0 Å². The van der Waals surface area contributed by atoms with Gasteiger partial charge in [-0.25, -0.2) is 0 Å². The van der Waals surface area contributed by atoms with Crippen molar-refractivity contribution in [3.05, 3.63) is 0 Å². The minimum Gasteiger partial charge on any atom is -0.481 e. The van der Waals surface area contributed by atoms with Crippen molar-refractivity contribution < 1.29 is 34.8 Å². The molecule has 8 nitrogen and oxygen atoms in total. The van der Waals surface area contributed by atoms with Crippen molar-refractivity contribution >= 4 is 11.9 Å². The molecule has 224 valence electrons. The third-order valence-electron chi connectivity index (χ3n) is 7.63. The number of carboxylic acids is 1. The Balaban J connectivity index is 2.32. The normalized spacial score (nSPS) is 24.8. The third-order valence-corrected chi connectivity index (χ3v) is 7.63. The van der Waals surface area contributed by atoms with Crippen LogP contribution in [0.2, 0.25) is 0 Å². The van der Waals surface area contributed by atoms with Gasteiger partial charge < -0.3 is 30.5 Å². The fourth-order valence-electron chi connectivity index (χ4n) is 5.35. The van der Waals surface area contributed by atoms with Crippen molar-refractivity contribution in [3.8, 4) is 0 Å². The quantitative estimate of drug-likeness (QED) is 0.139. The number of amides is 1. The maximum absolute atomic E-state index is 12.7. The molecule has 0 aromatic rings. The molecule has 0 aliphatic heterocycles. The number of ether oxygens (including phenoxy) is 1. The molecule has 0 heterocycles. The maximum Gasteiger partial charge on any atom is 0.306 e. The van der Waals surface area contributed by atoms with E-state index in [0.29, 0.717) is 38.8 Å². The van der Waals surface area contributed by atoms with Gasteiger partial charge >= 0.3 is 5.97 Å². The zero-order valence-electron chi connectivity index (χ0n) is 24.5. The van der Waals surface area contributed by atoms with E-state index in [9.17, 15) is 30.0 Å². The summed E-state index contributed by atoms with van der Waals surface area (Å²) in [4.78, 5) is 24.3. The monoisotopic (exact) mass is 543 g/mol. The van der Waals surface area contributed by atoms with E-state index in [1.54, 1.807) is 0 Å². The van der Waals surface area contributed by atoms with Crippen LogP contribution in [-0.2, 0) is 14.3 Å². The Bertz CT molecular complexity index is 651. The van der Waals surface area contributed by atoms with Crippen LogP contribution in [0.25, 0.3) is 0 Å². The van der Waals surface area contributed by atoms with E-state index in [0.717, 1.165) is 19.3 Å². The van der Waals surface area contributed by atoms with Crippen LogP contribution >= 0.6 is 0 Å². The molecule has 0 bridgehead atoms. The number of carboxylic acid groups (broad SMARTS) is 1. The van der Waals surface area contributed by atoms with Crippen molar-refractivity contribution in [1.29, 1.82) is 0 Å². The van der Waals surface area contributed by atoms with Gasteiger partial charge in [0.2, 0.25) is 5.91 Å². The standard InChI is InChI=1S/C30H57NO7/c1-5-6-7-8-9-10-11-12-13-16-19-38-24-20-23(25(32)27(34)26(24)33)28(35)31-18-15-14-17-22(29(36)37)21-30(2,3)4/h22-27,32-34H,5-21H2,1-4H3,(H,31,35)(H,36,37)/t22-,23+,24-,25-,26+,27+/m1/s1. The van der Waals surface area contributed by atoms with Gasteiger partial charge in [0.15, 0.2) is 0 Å². The van der Waals surface area contributed by atoms with Crippen molar-refractivity contribution in [2.75, 3.05) is 13.2 Å². The molecular formula is C30H57NO7. The fourth-order valence-corrected chi connectivity index (χ4v) is 5.35. The molecule has 1 rings (SSSR count). The Morgan fingerprint density at radius 1 is 0.842 bits per heavy atom.